The average molecular weight is 391 g/mol. The molecule has 0 saturated heterocycles. The van der Waals surface area contributed by atoms with Crippen LogP contribution in [0.2, 0.25) is 0 Å². The van der Waals surface area contributed by atoms with Crippen LogP contribution in [0.3, 0.4) is 0 Å². The minimum absolute atomic E-state index is 0.157. The highest BCUT2D eigenvalue weighted by atomic mass is 79.9. The van der Waals surface area contributed by atoms with Crippen molar-refractivity contribution in [2.75, 3.05) is 19.6 Å². The van der Waals surface area contributed by atoms with E-state index in [1.807, 2.05) is 24.3 Å². The van der Waals surface area contributed by atoms with Crippen LogP contribution in [0.4, 0.5) is 0 Å². The highest BCUT2D eigenvalue weighted by molar-refractivity contribution is 9.10. The number of benzene rings is 1. The highest BCUT2D eigenvalue weighted by Crippen LogP contribution is 2.15. The van der Waals surface area contributed by atoms with E-state index >= 15 is 0 Å². The van der Waals surface area contributed by atoms with Crippen molar-refractivity contribution in [1.29, 1.82) is 0 Å². The first-order valence-corrected chi connectivity index (χ1v) is 8.72. The molecule has 0 spiro atoms. The molecule has 1 aromatic carbocycles. The maximum Gasteiger partial charge on any atom is 0.283 e. The van der Waals surface area contributed by atoms with Crippen LogP contribution in [0.5, 0.6) is 0 Å². The number of aromatic nitrogens is 5. The van der Waals surface area contributed by atoms with Gasteiger partial charge in [0.15, 0.2) is 11.2 Å². The topological polar surface area (TPSA) is 68.8 Å². The molecule has 0 aliphatic carbocycles. The van der Waals surface area contributed by atoms with Crippen LogP contribution in [0.25, 0.3) is 16.9 Å². The molecule has 3 aromatic rings. The largest absolute Gasteiger partial charge is 0.302 e. The lowest BCUT2D eigenvalue weighted by molar-refractivity contribution is 0.289. The van der Waals surface area contributed by atoms with Crippen molar-refractivity contribution in [3.8, 4) is 5.69 Å². The summed E-state index contributed by atoms with van der Waals surface area (Å²) in [5.41, 5.74) is 1.42. The Morgan fingerprint density at radius 1 is 1.17 bits per heavy atom. The van der Waals surface area contributed by atoms with Crippen LogP contribution in [0, 0.1) is 0 Å². The minimum atomic E-state index is -0.157. The first-order valence-electron chi connectivity index (χ1n) is 7.93. The van der Waals surface area contributed by atoms with Crippen molar-refractivity contribution in [2.24, 2.45) is 0 Å². The summed E-state index contributed by atoms with van der Waals surface area (Å²) in [7, 11) is 0. The van der Waals surface area contributed by atoms with E-state index in [1.54, 1.807) is 15.6 Å². The molecule has 0 fully saturated rings. The van der Waals surface area contributed by atoms with Crippen LogP contribution in [-0.4, -0.2) is 49.1 Å². The number of nitrogens with zero attached hydrogens (tertiary/aromatic N) is 6. The quantitative estimate of drug-likeness (QED) is 0.644. The van der Waals surface area contributed by atoms with E-state index in [9.17, 15) is 4.79 Å². The molecule has 0 aliphatic rings. The number of rotatable bonds is 6. The van der Waals surface area contributed by atoms with Crippen LogP contribution in [0.15, 0.2) is 39.9 Å². The summed E-state index contributed by atoms with van der Waals surface area (Å²) >= 11 is 3.40. The smallest absolute Gasteiger partial charge is 0.283 e. The monoisotopic (exact) mass is 390 g/mol. The molecule has 0 N–H and O–H groups in total. The van der Waals surface area contributed by atoms with Gasteiger partial charge in [0.2, 0.25) is 0 Å². The van der Waals surface area contributed by atoms with Crippen molar-refractivity contribution in [3.05, 3.63) is 45.4 Å². The second-order valence-corrected chi connectivity index (χ2v) is 6.34. The Balaban J connectivity index is 1.93. The Morgan fingerprint density at radius 2 is 1.88 bits per heavy atom. The molecule has 0 saturated carbocycles. The summed E-state index contributed by atoms with van der Waals surface area (Å²) in [4.78, 5) is 19.3. The number of hydrogen-bond donors (Lipinski definition) is 0. The zero-order valence-electron chi connectivity index (χ0n) is 13.7. The maximum absolute atomic E-state index is 12.6. The maximum atomic E-state index is 12.6. The molecule has 3 rings (SSSR count). The third kappa shape index (κ3) is 3.25. The van der Waals surface area contributed by atoms with Gasteiger partial charge in [-0.25, -0.2) is 4.98 Å². The van der Waals surface area contributed by atoms with Crippen molar-refractivity contribution in [1.82, 2.24) is 29.4 Å². The third-order valence-corrected chi connectivity index (χ3v) is 4.58. The van der Waals surface area contributed by atoms with Crippen molar-refractivity contribution in [2.45, 2.75) is 20.4 Å². The highest BCUT2D eigenvalue weighted by Gasteiger charge is 2.13. The summed E-state index contributed by atoms with van der Waals surface area (Å²) in [6.45, 7) is 7.53. The molecule has 0 atom stereocenters. The molecule has 0 unspecified atom stereocenters. The lowest BCUT2D eigenvalue weighted by atomic mass is 10.3. The van der Waals surface area contributed by atoms with Crippen molar-refractivity contribution in [3.63, 3.8) is 0 Å². The second kappa shape index (κ2) is 7.23. The summed E-state index contributed by atoms with van der Waals surface area (Å²) in [6.07, 6.45) is 1.58. The number of fused-ring (bicyclic) bond motifs is 1. The molecule has 2 heterocycles. The number of likely N-dealkylation sites (N-methyl/N-ethyl adjacent to an activating group) is 1. The van der Waals surface area contributed by atoms with E-state index in [2.05, 4.69) is 50.0 Å². The first-order chi connectivity index (χ1) is 11.6. The molecule has 7 nitrogen and oxygen atoms in total. The van der Waals surface area contributed by atoms with Crippen LogP contribution < -0.4 is 5.56 Å². The van der Waals surface area contributed by atoms with Gasteiger partial charge in [-0.15, -0.1) is 5.10 Å². The Morgan fingerprint density at radius 3 is 2.54 bits per heavy atom. The summed E-state index contributed by atoms with van der Waals surface area (Å²) in [5.74, 6) is 0. The van der Waals surface area contributed by atoms with E-state index in [-0.39, 0.29) is 5.56 Å². The Kier molecular flexibility index (Phi) is 5.06. The first kappa shape index (κ1) is 16.8. The van der Waals surface area contributed by atoms with Crippen molar-refractivity contribution >= 4 is 27.1 Å². The van der Waals surface area contributed by atoms with Crippen LogP contribution >= 0.6 is 15.9 Å². The zero-order valence-corrected chi connectivity index (χ0v) is 15.3. The molecule has 126 valence electrons. The van der Waals surface area contributed by atoms with Gasteiger partial charge in [-0.3, -0.25) is 9.36 Å². The van der Waals surface area contributed by atoms with E-state index in [0.29, 0.717) is 17.7 Å². The predicted molar refractivity (Wildman–Crippen MR) is 96.4 cm³/mol. The lowest BCUT2D eigenvalue weighted by Crippen LogP contribution is -2.31. The Labute approximate surface area is 148 Å². The molecule has 0 bridgehead atoms. The Hall–Kier alpha value is -2.06. The minimum Gasteiger partial charge on any atom is -0.302 e. The zero-order chi connectivity index (χ0) is 17.1. The van der Waals surface area contributed by atoms with Gasteiger partial charge in [0.25, 0.3) is 5.56 Å². The van der Waals surface area contributed by atoms with Gasteiger partial charge in [-0.2, -0.15) is 4.68 Å². The van der Waals surface area contributed by atoms with Gasteiger partial charge in [0.05, 0.1) is 5.69 Å². The normalized spacial score (nSPS) is 11.5. The van der Waals surface area contributed by atoms with Gasteiger partial charge >= 0.3 is 0 Å². The fraction of sp³-hybridized carbons (Fsp3) is 0.375. The standard InChI is InChI=1S/C16H19BrN6O/c1-3-21(4-2)9-10-22-11-18-15-14(16(22)24)19-20-23(15)13-7-5-12(17)6-8-13/h5-8,11H,3-4,9-10H2,1-2H3. The predicted octanol–water partition coefficient (Wildman–Crippen LogP) is 2.08. The van der Waals surface area contributed by atoms with E-state index < -0.39 is 0 Å². The summed E-state index contributed by atoms with van der Waals surface area (Å²) < 4.78 is 4.15. The molecule has 8 heteroatoms. The summed E-state index contributed by atoms with van der Waals surface area (Å²) in [6, 6.07) is 7.61. The van der Waals surface area contributed by atoms with Gasteiger partial charge in [-0.1, -0.05) is 35.0 Å². The molecular weight excluding hydrogens is 372 g/mol. The molecule has 24 heavy (non-hydrogen) atoms. The number of hydrogen-bond acceptors (Lipinski definition) is 5. The van der Waals surface area contributed by atoms with Crippen LogP contribution in [-0.2, 0) is 6.54 Å². The lowest BCUT2D eigenvalue weighted by Gasteiger charge is -2.18. The third-order valence-electron chi connectivity index (χ3n) is 4.05. The average Bonchev–Trinajstić information content (AvgIpc) is 3.03. The van der Waals surface area contributed by atoms with E-state index in [1.165, 1.54) is 0 Å². The van der Waals surface area contributed by atoms with E-state index in [0.717, 1.165) is 29.8 Å². The van der Waals surface area contributed by atoms with Gasteiger partial charge in [-0.05, 0) is 37.4 Å². The van der Waals surface area contributed by atoms with Gasteiger partial charge in [0.1, 0.15) is 6.33 Å². The second-order valence-electron chi connectivity index (χ2n) is 5.42. The molecule has 2 aromatic heterocycles. The van der Waals surface area contributed by atoms with Crippen molar-refractivity contribution < 1.29 is 0 Å². The Bertz CT molecular complexity index is 882. The molecule has 0 radical (unpaired) electrons. The molecule has 0 aliphatic heterocycles. The molecular formula is C16H19BrN6O. The van der Waals surface area contributed by atoms with Gasteiger partial charge < -0.3 is 4.90 Å². The fourth-order valence-corrected chi connectivity index (χ4v) is 2.81. The summed E-state index contributed by atoms with van der Waals surface area (Å²) in [5, 5.41) is 8.13. The molecule has 0 amide bonds. The SMILES string of the molecule is CCN(CC)CCn1cnc2c(nnn2-c2ccc(Br)cc2)c1=O. The van der Waals surface area contributed by atoms with Crippen LogP contribution in [0.1, 0.15) is 13.8 Å². The fourth-order valence-electron chi connectivity index (χ4n) is 2.55. The van der Waals surface area contributed by atoms with E-state index in [4.69, 9.17) is 0 Å². The van der Waals surface area contributed by atoms with Gasteiger partial charge in [0, 0.05) is 17.6 Å². The number of halogens is 1.